The molecule has 0 saturated carbocycles. The molecule has 2 atom stereocenters. The van der Waals surface area contributed by atoms with Crippen LogP contribution >= 0.6 is 23.2 Å². The van der Waals surface area contributed by atoms with Gasteiger partial charge in [-0.2, -0.15) is 5.10 Å². The van der Waals surface area contributed by atoms with E-state index in [1.807, 2.05) is 5.43 Å². The van der Waals surface area contributed by atoms with E-state index in [0.29, 0.717) is 5.69 Å². The van der Waals surface area contributed by atoms with Gasteiger partial charge in [0, 0.05) is 17.2 Å². The summed E-state index contributed by atoms with van der Waals surface area (Å²) in [7, 11) is 0. The molecule has 9 nitrogen and oxygen atoms in total. The maximum absolute atomic E-state index is 12.7. The highest BCUT2D eigenvalue weighted by atomic mass is 35.5. The van der Waals surface area contributed by atoms with Crippen LogP contribution in [0.25, 0.3) is 0 Å². The predicted octanol–water partition coefficient (Wildman–Crippen LogP) is 1.48. The van der Waals surface area contributed by atoms with Crippen molar-refractivity contribution in [1.29, 1.82) is 0 Å². The summed E-state index contributed by atoms with van der Waals surface area (Å²) in [5, 5.41) is 28.2. The van der Waals surface area contributed by atoms with Gasteiger partial charge in [-0.25, -0.2) is 5.43 Å². The molecule has 0 saturated heterocycles. The predicted molar refractivity (Wildman–Crippen MR) is 110 cm³/mol. The highest BCUT2D eigenvalue weighted by molar-refractivity contribution is 6.38. The highest BCUT2D eigenvalue weighted by Gasteiger charge is 2.51. The summed E-state index contributed by atoms with van der Waals surface area (Å²) in [6.45, 7) is 1.44. The van der Waals surface area contributed by atoms with Crippen molar-refractivity contribution in [3.63, 3.8) is 0 Å². The van der Waals surface area contributed by atoms with Gasteiger partial charge in [0.15, 0.2) is 5.60 Å². The third kappa shape index (κ3) is 3.47. The highest BCUT2D eigenvalue weighted by Crippen LogP contribution is 2.44. The van der Waals surface area contributed by atoms with Crippen molar-refractivity contribution in [3.8, 4) is 5.75 Å². The lowest BCUT2D eigenvalue weighted by atomic mass is 9.78. The smallest absolute Gasteiger partial charge is 0.329 e. The second-order valence-electron chi connectivity index (χ2n) is 6.54. The van der Waals surface area contributed by atoms with Crippen molar-refractivity contribution in [1.82, 2.24) is 5.43 Å². The van der Waals surface area contributed by atoms with Crippen LogP contribution in [0.3, 0.4) is 0 Å². The molecular formula is C19H16Cl2N4O5. The third-order valence-electron chi connectivity index (χ3n) is 4.80. The van der Waals surface area contributed by atoms with Gasteiger partial charge in [0.2, 0.25) is 0 Å². The molecule has 2 aromatic carbocycles. The van der Waals surface area contributed by atoms with E-state index in [4.69, 9.17) is 28.9 Å². The fourth-order valence-corrected chi connectivity index (χ4v) is 3.62. The molecular weight excluding hydrogens is 435 g/mol. The molecule has 1 heterocycles. The van der Waals surface area contributed by atoms with Gasteiger partial charge in [-0.05, 0) is 18.2 Å². The minimum Gasteiger partial charge on any atom is -0.506 e. The number of carbonyl (C=O) groups excluding carboxylic acids is 3. The van der Waals surface area contributed by atoms with E-state index in [1.54, 1.807) is 24.3 Å². The van der Waals surface area contributed by atoms with Gasteiger partial charge < -0.3 is 21.3 Å². The molecule has 156 valence electrons. The number of aliphatic hydroxyl groups is 1. The van der Waals surface area contributed by atoms with Crippen LogP contribution in [-0.2, 0) is 20.0 Å². The molecule has 1 aliphatic heterocycles. The Labute approximate surface area is 180 Å². The van der Waals surface area contributed by atoms with Crippen molar-refractivity contribution < 1.29 is 24.6 Å². The van der Waals surface area contributed by atoms with Crippen LogP contribution < -0.4 is 16.5 Å². The summed E-state index contributed by atoms with van der Waals surface area (Å²) in [5.74, 6) is -4.97. The Hall–Kier alpha value is -3.14. The minimum atomic E-state index is -2.13. The fourth-order valence-electron chi connectivity index (χ4n) is 3.21. The van der Waals surface area contributed by atoms with Crippen LogP contribution in [0.1, 0.15) is 18.1 Å². The summed E-state index contributed by atoms with van der Waals surface area (Å²) in [6.07, 6.45) is 0. The lowest BCUT2D eigenvalue weighted by molar-refractivity contribution is -0.137. The molecule has 6 N–H and O–H groups in total. The number of halogens is 2. The number of benzene rings is 2. The SMILES string of the molecule is CC(C(=NNC(=O)C(N)=O)c1c(Cl)ccc(Cl)c1O)C1(O)C(=O)Nc2ccccc21. The standard InChI is InChI=1S/C19H16Cl2N4O5/c1-8(19(30)9-4-2-3-5-12(9)23-18(19)29)14(24-25-17(28)16(22)27)13-10(20)6-7-11(21)15(13)26/h2-8,26,30H,1H3,(H2,22,27)(H,23,29)(H,25,28). The van der Waals surface area contributed by atoms with Crippen LogP contribution in [0.5, 0.6) is 5.75 Å². The summed E-state index contributed by atoms with van der Waals surface area (Å²) < 4.78 is 0. The number of phenols is 1. The molecule has 11 heteroatoms. The Morgan fingerprint density at radius 3 is 2.50 bits per heavy atom. The van der Waals surface area contributed by atoms with Crippen LogP contribution in [-0.4, -0.2) is 33.6 Å². The number of hydrazone groups is 1. The Morgan fingerprint density at radius 1 is 1.20 bits per heavy atom. The van der Waals surface area contributed by atoms with E-state index in [1.165, 1.54) is 19.1 Å². The molecule has 30 heavy (non-hydrogen) atoms. The van der Waals surface area contributed by atoms with E-state index in [0.717, 1.165) is 0 Å². The first-order valence-electron chi connectivity index (χ1n) is 8.57. The van der Waals surface area contributed by atoms with E-state index in [9.17, 15) is 24.6 Å². The first-order chi connectivity index (χ1) is 14.1. The maximum atomic E-state index is 12.7. The number of nitrogens with two attached hydrogens (primary N) is 1. The molecule has 0 aromatic heterocycles. The lowest BCUT2D eigenvalue weighted by Crippen LogP contribution is -2.45. The second-order valence-corrected chi connectivity index (χ2v) is 7.36. The number of nitrogens with zero attached hydrogens (tertiary/aromatic N) is 1. The molecule has 0 bridgehead atoms. The number of hydrogen-bond donors (Lipinski definition) is 5. The number of primary amides is 1. The summed E-state index contributed by atoms with van der Waals surface area (Å²) >= 11 is 12.2. The first kappa shape index (κ1) is 21.6. The Balaban J connectivity index is 2.20. The van der Waals surface area contributed by atoms with Crippen LogP contribution in [0, 0.1) is 5.92 Å². The Kier molecular flexibility index (Phi) is 5.71. The average Bonchev–Trinajstić information content (AvgIpc) is 2.98. The van der Waals surface area contributed by atoms with Gasteiger partial charge in [-0.1, -0.05) is 48.3 Å². The van der Waals surface area contributed by atoms with Crippen molar-refractivity contribution in [2.24, 2.45) is 16.8 Å². The summed E-state index contributed by atoms with van der Waals surface area (Å²) in [6, 6.07) is 9.16. The normalized spacial score (nSPS) is 19.1. The molecule has 0 spiro atoms. The number of hydrogen-bond acceptors (Lipinski definition) is 6. The van der Waals surface area contributed by atoms with E-state index in [-0.39, 0.29) is 26.9 Å². The van der Waals surface area contributed by atoms with Crippen LogP contribution in [0.4, 0.5) is 5.69 Å². The Morgan fingerprint density at radius 2 is 1.83 bits per heavy atom. The molecule has 0 aliphatic carbocycles. The minimum absolute atomic E-state index is 0.0221. The van der Waals surface area contributed by atoms with Gasteiger partial charge in [0.25, 0.3) is 5.91 Å². The molecule has 1 aliphatic rings. The monoisotopic (exact) mass is 450 g/mol. The summed E-state index contributed by atoms with van der Waals surface area (Å²) in [5.41, 5.74) is 5.03. The average molecular weight is 451 g/mol. The van der Waals surface area contributed by atoms with Crippen LogP contribution in [0.15, 0.2) is 41.5 Å². The van der Waals surface area contributed by atoms with E-state index >= 15 is 0 Å². The summed E-state index contributed by atoms with van der Waals surface area (Å²) in [4.78, 5) is 35.4. The zero-order valence-corrected chi connectivity index (χ0v) is 17.0. The van der Waals surface area contributed by atoms with Crippen molar-refractivity contribution in [3.05, 3.63) is 57.6 Å². The van der Waals surface area contributed by atoms with Gasteiger partial charge in [0.1, 0.15) is 5.75 Å². The van der Waals surface area contributed by atoms with Crippen molar-refractivity contribution in [2.75, 3.05) is 5.32 Å². The zero-order chi connectivity index (χ0) is 22.2. The number of carbonyl (C=O) groups is 3. The zero-order valence-electron chi connectivity index (χ0n) is 15.4. The van der Waals surface area contributed by atoms with Gasteiger partial charge in [0.05, 0.1) is 21.3 Å². The van der Waals surface area contributed by atoms with E-state index < -0.39 is 35.0 Å². The fraction of sp³-hybridized carbons (Fsp3) is 0.158. The maximum Gasteiger partial charge on any atom is 0.329 e. The van der Waals surface area contributed by atoms with Gasteiger partial charge >= 0.3 is 11.8 Å². The quantitative estimate of drug-likeness (QED) is 0.271. The van der Waals surface area contributed by atoms with Gasteiger partial charge in [-0.15, -0.1) is 0 Å². The topological polar surface area (TPSA) is 154 Å². The number of fused-ring (bicyclic) bond motifs is 1. The number of phenolic OH excluding ortho intramolecular Hbond substituents is 1. The number of nitrogens with one attached hydrogen (secondary N) is 2. The number of anilines is 1. The van der Waals surface area contributed by atoms with Gasteiger partial charge in [-0.3, -0.25) is 14.4 Å². The number of amides is 3. The third-order valence-corrected chi connectivity index (χ3v) is 5.42. The molecule has 2 unspecified atom stereocenters. The van der Waals surface area contributed by atoms with Crippen LogP contribution in [0.2, 0.25) is 10.0 Å². The molecule has 0 radical (unpaired) electrons. The Bertz CT molecular complexity index is 1100. The first-order valence-corrected chi connectivity index (χ1v) is 9.32. The van der Waals surface area contributed by atoms with Crippen molar-refractivity contribution >= 4 is 52.3 Å². The molecule has 0 fully saturated rings. The number of para-hydroxylation sites is 1. The number of aromatic hydroxyl groups is 1. The van der Waals surface area contributed by atoms with E-state index in [2.05, 4.69) is 10.4 Å². The van der Waals surface area contributed by atoms with Crippen molar-refractivity contribution in [2.45, 2.75) is 12.5 Å². The molecule has 2 aromatic rings. The largest absolute Gasteiger partial charge is 0.506 e. The number of rotatable bonds is 4. The lowest BCUT2D eigenvalue weighted by Gasteiger charge is -2.30. The molecule has 3 amide bonds. The molecule has 3 rings (SSSR count). The second kappa shape index (κ2) is 7.94.